The molecule has 0 aliphatic carbocycles. The number of rotatable bonds is 3. The number of carboxylic acids is 4. The van der Waals surface area contributed by atoms with Gasteiger partial charge in [-0.2, -0.15) is 0 Å². The van der Waals surface area contributed by atoms with E-state index in [1.54, 1.807) is 0 Å². The molecule has 6 N–H and O–H groups in total. The van der Waals surface area contributed by atoms with Crippen LogP contribution in [0.15, 0.2) is 18.2 Å². The van der Waals surface area contributed by atoms with Crippen LogP contribution in [-0.2, 0) is 19.2 Å². The minimum Gasteiger partial charge on any atom is -0.473 e. The summed E-state index contributed by atoms with van der Waals surface area (Å²) in [4.78, 5) is 36.4. The Hall–Kier alpha value is -3.14. The number of aryl methyl sites for hydroxylation is 2. The van der Waals surface area contributed by atoms with Crippen molar-refractivity contribution in [1.29, 1.82) is 0 Å². The van der Waals surface area contributed by atoms with E-state index in [4.69, 9.17) is 39.6 Å². The number of nitrogens with one attached hydrogen (secondary N) is 2. The number of carbonyl (C=O) groups is 4. The quantitative estimate of drug-likeness (QED) is 0.409. The molecule has 27 heavy (non-hydrogen) atoms. The Labute approximate surface area is 155 Å². The fourth-order valence-corrected chi connectivity index (χ4v) is 2.09. The lowest BCUT2D eigenvalue weighted by molar-refractivity contribution is -0.159. The molecule has 1 aliphatic rings. The van der Waals surface area contributed by atoms with Crippen LogP contribution in [0.1, 0.15) is 24.0 Å². The van der Waals surface area contributed by atoms with Crippen molar-refractivity contribution in [2.75, 3.05) is 18.4 Å². The summed E-state index contributed by atoms with van der Waals surface area (Å²) in [5, 5.41) is 36.6. The topological polar surface area (TPSA) is 173 Å². The predicted octanol–water partition coefficient (Wildman–Crippen LogP) is 0.779. The third kappa shape index (κ3) is 11.2. The van der Waals surface area contributed by atoms with Gasteiger partial charge in [0.05, 0.1) is 0 Å². The van der Waals surface area contributed by atoms with Gasteiger partial charge in [0.1, 0.15) is 0 Å². The molecule has 1 atom stereocenters. The van der Waals surface area contributed by atoms with Crippen molar-refractivity contribution in [3.05, 3.63) is 29.3 Å². The molecule has 1 fully saturated rings. The van der Waals surface area contributed by atoms with E-state index >= 15 is 0 Å². The molecular formula is C17H24N2O8. The summed E-state index contributed by atoms with van der Waals surface area (Å²) in [6, 6.07) is 7.23. The minimum atomic E-state index is -1.82. The summed E-state index contributed by atoms with van der Waals surface area (Å²) in [7, 11) is 0. The number of benzene rings is 1. The smallest absolute Gasteiger partial charge is 0.414 e. The zero-order chi connectivity index (χ0) is 21.0. The van der Waals surface area contributed by atoms with E-state index in [2.05, 4.69) is 42.7 Å². The Kier molecular flexibility index (Phi) is 10.8. The van der Waals surface area contributed by atoms with Crippen LogP contribution in [0, 0.1) is 13.8 Å². The van der Waals surface area contributed by atoms with Crippen molar-refractivity contribution in [3.8, 4) is 0 Å². The number of aliphatic carboxylic acids is 4. The highest BCUT2D eigenvalue weighted by atomic mass is 16.4. The van der Waals surface area contributed by atoms with E-state index in [-0.39, 0.29) is 0 Å². The monoisotopic (exact) mass is 384 g/mol. The van der Waals surface area contributed by atoms with Crippen LogP contribution in [0.2, 0.25) is 0 Å². The van der Waals surface area contributed by atoms with Crippen LogP contribution < -0.4 is 10.6 Å². The normalized spacial score (nSPS) is 14.7. The first-order valence-corrected chi connectivity index (χ1v) is 8.01. The highest BCUT2D eigenvalue weighted by Crippen LogP contribution is 2.17. The Morgan fingerprint density at radius 1 is 1.00 bits per heavy atom. The molecule has 0 radical (unpaired) electrons. The molecule has 0 bridgehead atoms. The summed E-state index contributed by atoms with van der Waals surface area (Å²) in [5.41, 5.74) is 3.93. The van der Waals surface area contributed by atoms with Gasteiger partial charge in [0.25, 0.3) is 0 Å². The second-order valence-electron chi connectivity index (χ2n) is 5.71. The van der Waals surface area contributed by atoms with Gasteiger partial charge >= 0.3 is 23.9 Å². The van der Waals surface area contributed by atoms with Gasteiger partial charge in [0.2, 0.25) is 0 Å². The number of anilines is 1. The SMILES string of the molecule is Cc1ccc(C)c(NCC2CCCN2)c1.O=C(O)C(=O)O.O=C(O)C(=O)O. The molecule has 0 aromatic heterocycles. The summed E-state index contributed by atoms with van der Waals surface area (Å²) >= 11 is 0. The largest absolute Gasteiger partial charge is 0.473 e. The van der Waals surface area contributed by atoms with E-state index in [0.29, 0.717) is 6.04 Å². The first kappa shape index (κ1) is 23.9. The second kappa shape index (κ2) is 12.3. The maximum absolute atomic E-state index is 9.10. The number of hydrogen-bond acceptors (Lipinski definition) is 6. The molecule has 1 aromatic carbocycles. The lowest BCUT2D eigenvalue weighted by Gasteiger charge is -2.14. The molecule has 1 saturated heterocycles. The van der Waals surface area contributed by atoms with Gasteiger partial charge in [-0.1, -0.05) is 12.1 Å². The van der Waals surface area contributed by atoms with Gasteiger partial charge in [0, 0.05) is 18.3 Å². The van der Waals surface area contributed by atoms with Crippen LogP contribution in [0.4, 0.5) is 5.69 Å². The van der Waals surface area contributed by atoms with Crippen LogP contribution in [-0.4, -0.2) is 63.4 Å². The predicted molar refractivity (Wildman–Crippen MR) is 96.0 cm³/mol. The Bertz CT molecular complexity index is 621. The Morgan fingerprint density at radius 2 is 1.52 bits per heavy atom. The molecule has 1 heterocycles. The van der Waals surface area contributed by atoms with Gasteiger partial charge in [-0.25, -0.2) is 19.2 Å². The third-order valence-corrected chi connectivity index (χ3v) is 3.46. The van der Waals surface area contributed by atoms with Gasteiger partial charge in [-0.3, -0.25) is 0 Å². The van der Waals surface area contributed by atoms with Gasteiger partial charge in [-0.15, -0.1) is 0 Å². The van der Waals surface area contributed by atoms with Crippen molar-refractivity contribution < 1.29 is 39.6 Å². The summed E-state index contributed by atoms with van der Waals surface area (Å²) < 4.78 is 0. The van der Waals surface area contributed by atoms with Crippen LogP contribution in [0.5, 0.6) is 0 Å². The van der Waals surface area contributed by atoms with E-state index < -0.39 is 23.9 Å². The maximum atomic E-state index is 9.10. The zero-order valence-corrected chi connectivity index (χ0v) is 15.1. The molecule has 10 nitrogen and oxygen atoms in total. The van der Waals surface area contributed by atoms with Crippen molar-refractivity contribution in [2.24, 2.45) is 0 Å². The standard InChI is InChI=1S/C13H20N2.2C2H2O4/c1-10-5-6-11(2)13(8-10)15-9-12-4-3-7-14-12;2*3-1(4)2(5)6/h5-6,8,12,14-15H,3-4,7,9H2,1-2H3;2*(H,3,4)(H,5,6). The molecule has 1 unspecified atom stereocenters. The highest BCUT2D eigenvalue weighted by Gasteiger charge is 2.13. The molecule has 1 aliphatic heterocycles. The van der Waals surface area contributed by atoms with Crippen molar-refractivity contribution in [2.45, 2.75) is 32.7 Å². The summed E-state index contributed by atoms with van der Waals surface area (Å²) in [6.07, 6.45) is 2.62. The molecule has 0 spiro atoms. The number of carboxylic acid groups (broad SMARTS) is 4. The van der Waals surface area contributed by atoms with E-state index in [1.165, 1.54) is 36.2 Å². The zero-order valence-electron chi connectivity index (χ0n) is 15.1. The lowest BCUT2D eigenvalue weighted by Crippen LogP contribution is -2.29. The first-order valence-electron chi connectivity index (χ1n) is 8.01. The molecule has 10 heteroatoms. The average Bonchev–Trinajstić information content (AvgIpc) is 3.10. The molecule has 0 saturated carbocycles. The lowest BCUT2D eigenvalue weighted by atomic mass is 10.1. The number of hydrogen-bond donors (Lipinski definition) is 6. The minimum absolute atomic E-state index is 0.657. The van der Waals surface area contributed by atoms with E-state index in [0.717, 1.165) is 6.54 Å². The van der Waals surface area contributed by atoms with Gasteiger partial charge < -0.3 is 31.1 Å². The van der Waals surface area contributed by atoms with Gasteiger partial charge in [-0.05, 0) is 50.4 Å². The summed E-state index contributed by atoms with van der Waals surface area (Å²) in [6.45, 7) is 6.52. The fraction of sp³-hybridized carbons (Fsp3) is 0.412. The Balaban J connectivity index is 0.000000470. The Morgan fingerprint density at radius 3 is 1.93 bits per heavy atom. The molecule has 150 valence electrons. The first-order chi connectivity index (χ1) is 12.5. The third-order valence-electron chi connectivity index (χ3n) is 3.46. The van der Waals surface area contributed by atoms with Crippen LogP contribution in [0.25, 0.3) is 0 Å². The second-order valence-corrected chi connectivity index (χ2v) is 5.71. The van der Waals surface area contributed by atoms with Gasteiger partial charge in [0.15, 0.2) is 0 Å². The van der Waals surface area contributed by atoms with Crippen LogP contribution in [0.3, 0.4) is 0 Å². The molecule has 2 rings (SSSR count). The van der Waals surface area contributed by atoms with Crippen molar-refractivity contribution in [1.82, 2.24) is 5.32 Å². The van der Waals surface area contributed by atoms with Crippen LogP contribution >= 0.6 is 0 Å². The fourth-order valence-electron chi connectivity index (χ4n) is 2.09. The molecular weight excluding hydrogens is 360 g/mol. The molecule has 1 aromatic rings. The molecule has 0 amide bonds. The van der Waals surface area contributed by atoms with Crippen molar-refractivity contribution >= 4 is 29.6 Å². The summed E-state index contributed by atoms with van der Waals surface area (Å²) in [5.74, 6) is -7.30. The van der Waals surface area contributed by atoms with E-state index in [1.807, 2.05) is 0 Å². The van der Waals surface area contributed by atoms with Crippen molar-refractivity contribution in [3.63, 3.8) is 0 Å². The van der Waals surface area contributed by atoms with E-state index in [9.17, 15) is 0 Å². The highest BCUT2D eigenvalue weighted by molar-refractivity contribution is 6.27. The maximum Gasteiger partial charge on any atom is 0.414 e. The average molecular weight is 384 g/mol.